The van der Waals surface area contributed by atoms with Crippen LogP contribution in [0.15, 0.2) is 36.5 Å². The Hall–Kier alpha value is -2.98. The molecule has 1 aromatic heterocycles. The molecule has 10 nitrogen and oxygen atoms in total. The summed E-state index contributed by atoms with van der Waals surface area (Å²) in [6, 6.07) is 9.14. The number of benzene rings is 1. The van der Waals surface area contributed by atoms with Gasteiger partial charge in [0, 0.05) is 6.54 Å². The molecule has 134 valence electrons. The van der Waals surface area contributed by atoms with Gasteiger partial charge in [0.05, 0.1) is 6.10 Å². The Labute approximate surface area is 142 Å². The SMILES string of the molecule is O=C(NCCC(O)C(O)c1ncc([N+](=O)[O-])[nH]1)OCc1ccccc1. The van der Waals surface area contributed by atoms with Crippen LogP contribution in [-0.4, -0.2) is 43.8 Å². The number of alkyl carbamates (subject to hydrolysis) is 1. The summed E-state index contributed by atoms with van der Waals surface area (Å²) < 4.78 is 5.00. The maximum absolute atomic E-state index is 11.5. The lowest BCUT2D eigenvalue weighted by atomic mass is 10.1. The first-order valence-corrected chi connectivity index (χ1v) is 7.47. The van der Waals surface area contributed by atoms with E-state index in [-0.39, 0.29) is 31.2 Å². The fourth-order valence-corrected chi connectivity index (χ4v) is 2.01. The Morgan fingerprint density at radius 2 is 2.08 bits per heavy atom. The molecule has 0 aliphatic carbocycles. The molecular weight excluding hydrogens is 332 g/mol. The Morgan fingerprint density at radius 3 is 2.72 bits per heavy atom. The van der Waals surface area contributed by atoms with Gasteiger partial charge in [-0.3, -0.25) is 0 Å². The van der Waals surface area contributed by atoms with E-state index in [0.29, 0.717) is 0 Å². The summed E-state index contributed by atoms with van der Waals surface area (Å²) in [6.45, 7) is 0.169. The Morgan fingerprint density at radius 1 is 1.36 bits per heavy atom. The summed E-state index contributed by atoms with van der Waals surface area (Å²) in [6.07, 6.45) is -2.39. The molecule has 0 aliphatic rings. The summed E-state index contributed by atoms with van der Waals surface area (Å²) >= 11 is 0. The number of carbonyl (C=O) groups is 1. The van der Waals surface area contributed by atoms with Crippen LogP contribution in [0.4, 0.5) is 10.6 Å². The fourth-order valence-electron chi connectivity index (χ4n) is 2.01. The molecule has 2 atom stereocenters. The van der Waals surface area contributed by atoms with Crippen LogP contribution < -0.4 is 5.32 Å². The zero-order chi connectivity index (χ0) is 18.2. The number of nitrogens with one attached hydrogen (secondary N) is 2. The van der Waals surface area contributed by atoms with Gasteiger partial charge in [-0.25, -0.2) is 14.8 Å². The predicted octanol–water partition coefficient (Wildman–Crippen LogP) is 1.03. The molecule has 0 saturated carbocycles. The van der Waals surface area contributed by atoms with Gasteiger partial charge in [-0.1, -0.05) is 30.3 Å². The van der Waals surface area contributed by atoms with Gasteiger partial charge in [-0.2, -0.15) is 0 Å². The number of nitro groups is 1. The smallest absolute Gasteiger partial charge is 0.407 e. The van der Waals surface area contributed by atoms with Crippen molar-refractivity contribution in [3.8, 4) is 0 Å². The van der Waals surface area contributed by atoms with E-state index in [1.807, 2.05) is 30.3 Å². The van der Waals surface area contributed by atoms with Gasteiger partial charge in [0.2, 0.25) is 5.82 Å². The maximum Gasteiger partial charge on any atom is 0.407 e. The first-order valence-electron chi connectivity index (χ1n) is 7.47. The highest BCUT2D eigenvalue weighted by Gasteiger charge is 2.25. The molecule has 2 aromatic rings. The molecule has 0 saturated heterocycles. The minimum atomic E-state index is -1.43. The van der Waals surface area contributed by atoms with Crippen molar-refractivity contribution in [1.82, 2.24) is 15.3 Å². The van der Waals surface area contributed by atoms with Crippen LogP contribution in [0.5, 0.6) is 0 Å². The summed E-state index contributed by atoms with van der Waals surface area (Å²) in [5, 5.41) is 32.7. The summed E-state index contributed by atoms with van der Waals surface area (Å²) in [7, 11) is 0. The van der Waals surface area contributed by atoms with Crippen LogP contribution in [0.25, 0.3) is 0 Å². The number of ether oxygens (including phenoxy) is 1. The van der Waals surface area contributed by atoms with E-state index in [1.54, 1.807) is 0 Å². The monoisotopic (exact) mass is 350 g/mol. The van der Waals surface area contributed by atoms with Gasteiger partial charge >= 0.3 is 11.9 Å². The Balaban J connectivity index is 1.70. The molecule has 25 heavy (non-hydrogen) atoms. The van der Waals surface area contributed by atoms with Gasteiger partial charge < -0.3 is 30.4 Å². The molecule has 0 bridgehead atoms. The molecule has 1 heterocycles. The number of H-pyrrole nitrogens is 1. The fraction of sp³-hybridized carbons (Fsp3) is 0.333. The topological polar surface area (TPSA) is 151 Å². The van der Waals surface area contributed by atoms with Crippen LogP contribution in [0.3, 0.4) is 0 Å². The van der Waals surface area contributed by atoms with Gasteiger partial charge in [-0.15, -0.1) is 0 Å². The quantitative estimate of drug-likeness (QED) is 0.410. The number of amides is 1. The van der Waals surface area contributed by atoms with Crippen LogP contribution in [0, 0.1) is 10.1 Å². The largest absolute Gasteiger partial charge is 0.445 e. The highest BCUT2D eigenvalue weighted by atomic mass is 16.6. The number of hydrogen-bond acceptors (Lipinski definition) is 7. The third-order valence-corrected chi connectivity index (χ3v) is 3.35. The van der Waals surface area contributed by atoms with Crippen molar-refractivity contribution in [1.29, 1.82) is 0 Å². The summed E-state index contributed by atoms with van der Waals surface area (Å²) in [5.41, 5.74) is 0.840. The number of imidazole rings is 1. The number of aliphatic hydroxyl groups is 2. The van der Waals surface area contributed by atoms with E-state index < -0.39 is 23.2 Å². The van der Waals surface area contributed by atoms with Gasteiger partial charge in [0.25, 0.3) is 0 Å². The Bertz CT molecular complexity index is 705. The average Bonchev–Trinajstić information content (AvgIpc) is 3.10. The second-order valence-corrected chi connectivity index (χ2v) is 5.20. The van der Waals surface area contributed by atoms with Crippen molar-refractivity contribution in [3.63, 3.8) is 0 Å². The second kappa shape index (κ2) is 8.76. The minimum Gasteiger partial charge on any atom is -0.445 e. The molecule has 10 heteroatoms. The number of aromatic amines is 1. The third-order valence-electron chi connectivity index (χ3n) is 3.35. The van der Waals surface area contributed by atoms with E-state index in [2.05, 4.69) is 15.3 Å². The van der Waals surface area contributed by atoms with E-state index in [0.717, 1.165) is 11.8 Å². The van der Waals surface area contributed by atoms with Gasteiger partial charge in [-0.05, 0) is 16.9 Å². The lowest BCUT2D eigenvalue weighted by Crippen LogP contribution is -2.30. The van der Waals surface area contributed by atoms with Gasteiger partial charge in [0.15, 0.2) is 6.10 Å². The number of aromatic nitrogens is 2. The number of hydrogen-bond donors (Lipinski definition) is 4. The highest BCUT2D eigenvalue weighted by molar-refractivity contribution is 5.67. The first-order chi connectivity index (χ1) is 12.0. The summed E-state index contributed by atoms with van der Waals surface area (Å²) in [4.78, 5) is 27.3. The number of aliphatic hydroxyl groups excluding tert-OH is 2. The van der Waals surface area contributed by atoms with Crippen molar-refractivity contribution >= 4 is 11.9 Å². The average molecular weight is 350 g/mol. The van der Waals surface area contributed by atoms with Crippen molar-refractivity contribution in [2.45, 2.75) is 25.2 Å². The molecule has 0 aliphatic heterocycles. The summed E-state index contributed by atoms with van der Waals surface area (Å²) in [5.74, 6) is -0.505. The van der Waals surface area contributed by atoms with E-state index in [1.165, 1.54) is 0 Å². The first kappa shape index (κ1) is 18.4. The highest BCUT2D eigenvalue weighted by Crippen LogP contribution is 2.18. The normalized spacial score (nSPS) is 13.0. The molecule has 4 N–H and O–H groups in total. The molecule has 0 fully saturated rings. The molecule has 0 radical (unpaired) electrons. The van der Waals surface area contributed by atoms with Crippen LogP contribution >= 0.6 is 0 Å². The minimum absolute atomic E-state index is 0.0100. The van der Waals surface area contributed by atoms with Crippen LogP contribution in [-0.2, 0) is 11.3 Å². The van der Waals surface area contributed by atoms with E-state index in [4.69, 9.17) is 4.74 Å². The zero-order valence-electron chi connectivity index (χ0n) is 13.2. The lowest BCUT2D eigenvalue weighted by Gasteiger charge is -2.14. The van der Waals surface area contributed by atoms with Crippen molar-refractivity contribution in [2.24, 2.45) is 0 Å². The van der Waals surface area contributed by atoms with Gasteiger partial charge in [0.1, 0.15) is 12.8 Å². The molecule has 1 amide bonds. The molecule has 1 aromatic carbocycles. The number of rotatable bonds is 8. The predicted molar refractivity (Wildman–Crippen MR) is 85.5 cm³/mol. The zero-order valence-corrected chi connectivity index (χ0v) is 13.2. The molecule has 2 rings (SSSR count). The van der Waals surface area contributed by atoms with E-state index >= 15 is 0 Å². The van der Waals surface area contributed by atoms with E-state index in [9.17, 15) is 25.1 Å². The van der Waals surface area contributed by atoms with Crippen LogP contribution in [0.2, 0.25) is 0 Å². The van der Waals surface area contributed by atoms with Crippen molar-refractivity contribution in [3.05, 3.63) is 58.0 Å². The standard InChI is InChI=1S/C15H18N4O6/c20-11(13(21)14-17-8-12(18-14)19(23)24)6-7-16-15(22)25-9-10-4-2-1-3-5-10/h1-5,8,11,13,20-21H,6-7,9H2,(H,16,22)(H,17,18). The van der Waals surface area contributed by atoms with Crippen molar-refractivity contribution in [2.75, 3.05) is 6.54 Å². The van der Waals surface area contributed by atoms with Crippen LogP contribution in [0.1, 0.15) is 23.9 Å². The number of nitrogens with zero attached hydrogens (tertiary/aromatic N) is 2. The van der Waals surface area contributed by atoms with Crippen molar-refractivity contribution < 1.29 is 24.7 Å². The third kappa shape index (κ3) is 5.55. The maximum atomic E-state index is 11.5. The molecule has 0 spiro atoms. The number of carbonyl (C=O) groups excluding carboxylic acids is 1. The Kier molecular flexibility index (Phi) is 6.43. The lowest BCUT2D eigenvalue weighted by molar-refractivity contribution is -0.389. The molecular formula is C15H18N4O6. The second-order valence-electron chi connectivity index (χ2n) is 5.20. The molecule has 2 unspecified atom stereocenters.